The van der Waals surface area contributed by atoms with Crippen LogP contribution in [0.2, 0.25) is 5.02 Å². The highest BCUT2D eigenvalue weighted by molar-refractivity contribution is 6.30. The van der Waals surface area contributed by atoms with Crippen molar-refractivity contribution in [3.8, 4) is 0 Å². The lowest BCUT2D eigenvalue weighted by molar-refractivity contribution is 0.0898. The number of aromatic nitrogens is 1. The number of likely N-dealkylation sites (tertiary alicyclic amines) is 1. The zero-order valence-electron chi connectivity index (χ0n) is 12.6. The van der Waals surface area contributed by atoms with E-state index in [1.54, 1.807) is 18.3 Å². The second-order valence-electron chi connectivity index (χ2n) is 6.14. The predicted octanol–water partition coefficient (Wildman–Crippen LogP) is 1.97. The van der Waals surface area contributed by atoms with Crippen molar-refractivity contribution >= 4 is 17.5 Å². The zero-order chi connectivity index (χ0) is 15.4. The summed E-state index contributed by atoms with van der Waals surface area (Å²) in [5.74, 6) is 0.548. The van der Waals surface area contributed by atoms with Gasteiger partial charge in [-0.2, -0.15) is 0 Å². The van der Waals surface area contributed by atoms with Crippen LogP contribution in [0.4, 0.5) is 0 Å². The van der Waals surface area contributed by atoms with Crippen molar-refractivity contribution in [1.29, 1.82) is 0 Å². The van der Waals surface area contributed by atoms with Crippen molar-refractivity contribution in [2.24, 2.45) is 5.92 Å². The molecule has 120 valence electrons. The van der Waals surface area contributed by atoms with Gasteiger partial charge in [0.2, 0.25) is 0 Å². The van der Waals surface area contributed by atoms with E-state index >= 15 is 0 Å². The first kappa shape index (κ1) is 15.7. The van der Waals surface area contributed by atoms with Gasteiger partial charge in [0.25, 0.3) is 5.91 Å². The molecule has 1 aromatic heterocycles. The van der Waals surface area contributed by atoms with E-state index in [9.17, 15) is 4.79 Å². The predicted molar refractivity (Wildman–Crippen MR) is 85.1 cm³/mol. The summed E-state index contributed by atoms with van der Waals surface area (Å²) in [5, 5.41) is 3.60. The number of amides is 1. The van der Waals surface area contributed by atoms with Gasteiger partial charge in [-0.05, 0) is 37.3 Å². The van der Waals surface area contributed by atoms with Gasteiger partial charge >= 0.3 is 0 Å². The Labute approximate surface area is 136 Å². The quantitative estimate of drug-likeness (QED) is 0.920. The van der Waals surface area contributed by atoms with Gasteiger partial charge in [-0.25, -0.2) is 0 Å². The van der Waals surface area contributed by atoms with E-state index in [1.165, 1.54) is 6.42 Å². The Morgan fingerprint density at radius 1 is 1.41 bits per heavy atom. The summed E-state index contributed by atoms with van der Waals surface area (Å²) in [6.07, 6.45) is 4.71. The molecule has 1 unspecified atom stereocenters. The van der Waals surface area contributed by atoms with Gasteiger partial charge < -0.3 is 15.0 Å². The van der Waals surface area contributed by atoms with Crippen molar-refractivity contribution in [1.82, 2.24) is 15.2 Å². The summed E-state index contributed by atoms with van der Waals surface area (Å²) in [4.78, 5) is 18.7. The molecule has 2 aliphatic heterocycles. The molecule has 0 bridgehead atoms. The van der Waals surface area contributed by atoms with E-state index in [-0.39, 0.29) is 11.9 Å². The smallest absolute Gasteiger partial charge is 0.270 e. The molecule has 2 saturated heterocycles. The molecule has 22 heavy (non-hydrogen) atoms. The number of carbonyl (C=O) groups excluding carboxylic acids is 1. The fourth-order valence-corrected chi connectivity index (χ4v) is 3.30. The molecular formula is C16H22ClN3O2. The van der Waals surface area contributed by atoms with Crippen LogP contribution in [0.25, 0.3) is 0 Å². The number of carbonyl (C=O) groups is 1. The Morgan fingerprint density at radius 3 is 2.91 bits per heavy atom. The highest BCUT2D eigenvalue weighted by atomic mass is 35.5. The average molecular weight is 324 g/mol. The number of hydrogen-bond acceptors (Lipinski definition) is 4. The highest BCUT2D eigenvalue weighted by Gasteiger charge is 2.25. The number of nitrogens with zero attached hydrogens (tertiary/aromatic N) is 2. The van der Waals surface area contributed by atoms with Crippen molar-refractivity contribution in [2.45, 2.75) is 25.3 Å². The lowest BCUT2D eigenvalue weighted by Crippen LogP contribution is -2.46. The lowest BCUT2D eigenvalue weighted by Gasteiger charge is -2.33. The van der Waals surface area contributed by atoms with Crippen molar-refractivity contribution < 1.29 is 9.53 Å². The lowest BCUT2D eigenvalue weighted by atomic mass is 10.0. The molecule has 2 aliphatic rings. The van der Waals surface area contributed by atoms with Crippen LogP contribution in [0.15, 0.2) is 18.3 Å². The monoisotopic (exact) mass is 323 g/mol. The third kappa shape index (κ3) is 4.18. The van der Waals surface area contributed by atoms with Gasteiger partial charge in [0.15, 0.2) is 0 Å². The first-order valence-corrected chi connectivity index (χ1v) is 8.31. The Balaban J connectivity index is 1.44. The first-order valence-electron chi connectivity index (χ1n) is 7.93. The van der Waals surface area contributed by atoms with Crippen LogP contribution in [0.5, 0.6) is 0 Å². The molecule has 0 saturated carbocycles. The van der Waals surface area contributed by atoms with Crippen LogP contribution >= 0.6 is 11.6 Å². The minimum atomic E-state index is -0.134. The number of rotatable bonds is 4. The summed E-state index contributed by atoms with van der Waals surface area (Å²) >= 11 is 5.89. The number of halogens is 1. The molecule has 6 heteroatoms. The first-order chi connectivity index (χ1) is 10.7. The minimum Gasteiger partial charge on any atom is -0.381 e. The molecular weight excluding hydrogens is 302 g/mol. The third-order valence-electron chi connectivity index (χ3n) is 4.42. The van der Waals surface area contributed by atoms with Gasteiger partial charge in [0.1, 0.15) is 5.69 Å². The van der Waals surface area contributed by atoms with Gasteiger partial charge in [-0.15, -0.1) is 0 Å². The molecule has 1 atom stereocenters. The summed E-state index contributed by atoms with van der Waals surface area (Å²) in [6.45, 7) is 4.99. The van der Waals surface area contributed by atoms with Gasteiger partial charge in [0.05, 0.1) is 6.61 Å². The van der Waals surface area contributed by atoms with E-state index < -0.39 is 0 Å². The van der Waals surface area contributed by atoms with E-state index in [0.29, 0.717) is 16.6 Å². The van der Waals surface area contributed by atoms with E-state index in [2.05, 4.69) is 15.2 Å². The molecule has 0 radical (unpaired) electrons. The molecule has 1 aromatic rings. The maximum absolute atomic E-state index is 12.2. The summed E-state index contributed by atoms with van der Waals surface area (Å²) in [6, 6.07) is 3.50. The number of pyridine rings is 1. The molecule has 1 amide bonds. The Morgan fingerprint density at radius 2 is 2.23 bits per heavy atom. The van der Waals surface area contributed by atoms with Crippen molar-refractivity contribution in [3.63, 3.8) is 0 Å². The summed E-state index contributed by atoms with van der Waals surface area (Å²) in [7, 11) is 0. The molecule has 0 aromatic carbocycles. The Bertz CT molecular complexity index is 512. The van der Waals surface area contributed by atoms with Crippen LogP contribution in [-0.4, -0.2) is 54.7 Å². The molecule has 3 heterocycles. The number of nitrogens with one attached hydrogen (secondary N) is 1. The van der Waals surface area contributed by atoms with Crippen LogP contribution in [0.1, 0.15) is 29.8 Å². The van der Waals surface area contributed by atoms with E-state index in [0.717, 1.165) is 45.7 Å². The normalized spacial score (nSPS) is 23.6. The molecule has 1 N–H and O–H groups in total. The molecule has 3 rings (SSSR count). The van der Waals surface area contributed by atoms with Crippen molar-refractivity contribution in [2.75, 3.05) is 32.8 Å². The van der Waals surface area contributed by atoms with Gasteiger partial charge in [-0.1, -0.05) is 11.6 Å². The Hall–Kier alpha value is -1.17. The fourth-order valence-electron chi connectivity index (χ4n) is 3.14. The molecule has 0 spiro atoms. The van der Waals surface area contributed by atoms with Crippen LogP contribution in [0.3, 0.4) is 0 Å². The van der Waals surface area contributed by atoms with E-state index in [4.69, 9.17) is 16.3 Å². The van der Waals surface area contributed by atoms with Crippen LogP contribution < -0.4 is 5.32 Å². The maximum atomic E-state index is 12.2. The van der Waals surface area contributed by atoms with Gasteiger partial charge in [0, 0.05) is 43.5 Å². The zero-order valence-corrected chi connectivity index (χ0v) is 13.4. The van der Waals surface area contributed by atoms with Crippen LogP contribution in [0, 0.1) is 5.92 Å². The molecule has 2 fully saturated rings. The number of piperidine rings is 1. The van der Waals surface area contributed by atoms with Crippen molar-refractivity contribution in [3.05, 3.63) is 29.0 Å². The topological polar surface area (TPSA) is 54.5 Å². The SMILES string of the molecule is O=C(NC1CCN(CC2CCOC2)CC1)c1cc(Cl)ccn1. The van der Waals surface area contributed by atoms with Crippen LogP contribution in [-0.2, 0) is 4.74 Å². The second kappa shape index (κ2) is 7.40. The average Bonchev–Trinajstić information content (AvgIpc) is 3.02. The maximum Gasteiger partial charge on any atom is 0.270 e. The highest BCUT2D eigenvalue weighted by Crippen LogP contribution is 2.18. The summed E-state index contributed by atoms with van der Waals surface area (Å²) in [5.41, 5.74) is 0.387. The largest absolute Gasteiger partial charge is 0.381 e. The summed E-state index contributed by atoms with van der Waals surface area (Å²) < 4.78 is 5.43. The fraction of sp³-hybridized carbons (Fsp3) is 0.625. The second-order valence-corrected chi connectivity index (χ2v) is 6.57. The van der Waals surface area contributed by atoms with Gasteiger partial charge in [-0.3, -0.25) is 9.78 Å². The third-order valence-corrected chi connectivity index (χ3v) is 4.65. The Kier molecular flexibility index (Phi) is 5.28. The number of hydrogen-bond donors (Lipinski definition) is 1. The minimum absolute atomic E-state index is 0.134. The molecule has 5 nitrogen and oxygen atoms in total. The standard InChI is InChI=1S/C16H22ClN3O2/c17-13-1-5-18-15(9-13)16(21)19-14-2-6-20(7-3-14)10-12-4-8-22-11-12/h1,5,9,12,14H,2-4,6-8,10-11H2,(H,19,21). The van der Waals surface area contributed by atoms with E-state index in [1.807, 2.05) is 0 Å². The molecule has 0 aliphatic carbocycles. The number of ether oxygens (including phenoxy) is 1.